The maximum absolute atomic E-state index is 12.3. The second-order valence-corrected chi connectivity index (χ2v) is 8.83. The lowest BCUT2D eigenvalue weighted by atomic mass is 10.1. The molecule has 0 aliphatic heterocycles. The molecule has 27 heavy (non-hydrogen) atoms. The van der Waals surface area contributed by atoms with Crippen LogP contribution in [0.1, 0.15) is 12.5 Å². The average molecular weight is 501 g/mol. The predicted octanol–water partition coefficient (Wildman–Crippen LogP) is 2.61. The first-order valence-corrected chi connectivity index (χ1v) is 10.8. The number of halogens is 1. The molecule has 0 aliphatic carbocycles. The van der Waals surface area contributed by atoms with E-state index in [1.807, 2.05) is 24.3 Å². The van der Waals surface area contributed by atoms with E-state index in [2.05, 4.69) is 33.1 Å². The van der Waals surface area contributed by atoms with Gasteiger partial charge < -0.3 is 4.74 Å². The number of benzene rings is 2. The summed E-state index contributed by atoms with van der Waals surface area (Å²) < 4.78 is 31.6. The monoisotopic (exact) mass is 501 g/mol. The smallest absolute Gasteiger partial charge is 0.260 e. The van der Waals surface area contributed by atoms with Gasteiger partial charge in [-0.05, 0) is 59.3 Å². The van der Waals surface area contributed by atoms with Crippen LogP contribution in [0.3, 0.4) is 0 Å². The number of amides is 1. The fraction of sp³-hybridized carbons (Fsp3) is 0.222. The number of hydrogen-bond acceptors (Lipinski definition) is 5. The summed E-state index contributed by atoms with van der Waals surface area (Å²) >= 11 is 2.20. The summed E-state index contributed by atoms with van der Waals surface area (Å²) in [5.41, 5.74) is 4.17. The van der Waals surface area contributed by atoms with E-state index in [4.69, 9.17) is 4.74 Å². The Labute approximate surface area is 172 Å². The highest BCUT2D eigenvalue weighted by Gasteiger charge is 2.23. The van der Waals surface area contributed by atoms with Crippen LogP contribution in [0.5, 0.6) is 5.75 Å². The summed E-state index contributed by atoms with van der Waals surface area (Å²) in [5, 5.41) is 4.06. The first-order valence-electron chi connectivity index (χ1n) is 7.92. The van der Waals surface area contributed by atoms with Gasteiger partial charge in [0.25, 0.3) is 5.91 Å². The topological polar surface area (TPSA) is 88.1 Å². The zero-order valence-corrected chi connectivity index (χ0v) is 18.1. The second kappa shape index (κ2) is 9.18. The van der Waals surface area contributed by atoms with E-state index in [0.717, 1.165) is 19.7 Å². The number of hydrazone groups is 1. The van der Waals surface area contributed by atoms with E-state index in [1.165, 1.54) is 7.11 Å². The predicted molar refractivity (Wildman–Crippen MR) is 115 cm³/mol. The molecule has 9 heteroatoms. The molecule has 2 aromatic rings. The number of nitrogens with zero attached hydrogens (tertiary/aromatic N) is 2. The fourth-order valence-corrected chi connectivity index (χ4v) is 3.50. The number of nitrogens with one attached hydrogen (secondary N) is 1. The molecule has 0 atom stereocenters. The Hall–Kier alpha value is -2.14. The van der Waals surface area contributed by atoms with Gasteiger partial charge in [-0.2, -0.15) is 5.10 Å². The molecule has 1 amide bonds. The van der Waals surface area contributed by atoms with Crippen LogP contribution in [-0.2, 0) is 14.8 Å². The summed E-state index contributed by atoms with van der Waals surface area (Å²) in [6.07, 6.45) is 1.03. The molecule has 0 spiro atoms. The van der Waals surface area contributed by atoms with E-state index < -0.39 is 22.5 Å². The molecule has 7 nitrogen and oxygen atoms in total. The SMILES string of the molecule is COc1ccccc1N(CC(=O)N/N=C(/C)c1ccc(I)cc1)S(C)(=O)=O. The number of para-hydroxylation sites is 2. The van der Waals surface area contributed by atoms with Crippen LogP contribution in [0.25, 0.3) is 0 Å². The van der Waals surface area contributed by atoms with E-state index in [-0.39, 0.29) is 5.69 Å². The molecule has 0 saturated carbocycles. The molecule has 2 rings (SSSR count). The number of ether oxygens (including phenoxy) is 1. The Morgan fingerprint density at radius 1 is 1.19 bits per heavy atom. The van der Waals surface area contributed by atoms with Crippen LogP contribution < -0.4 is 14.5 Å². The first-order chi connectivity index (χ1) is 12.7. The first kappa shape index (κ1) is 21.2. The van der Waals surface area contributed by atoms with Crippen LogP contribution in [-0.4, -0.2) is 39.9 Å². The minimum atomic E-state index is -3.70. The maximum atomic E-state index is 12.3. The molecule has 0 aliphatic rings. The van der Waals surface area contributed by atoms with Gasteiger partial charge in [0.2, 0.25) is 10.0 Å². The third kappa shape index (κ3) is 5.93. The van der Waals surface area contributed by atoms with Gasteiger partial charge in [0, 0.05) is 3.57 Å². The zero-order valence-electron chi connectivity index (χ0n) is 15.1. The summed E-state index contributed by atoms with van der Waals surface area (Å²) in [6.45, 7) is 1.35. The lowest BCUT2D eigenvalue weighted by Crippen LogP contribution is -2.39. The average Bonchev–Trinajstić information content (AvgIpc) is 2.63. The number of rotatable bonds is 7. The molecular formula is C18H20IN3O4S. The van der Waals surface area contributed by atoms with Gasteiger partial charge in [-0.1, -0.05) is 24.3 Å². The number of hydrogen-bond donors (Lipinski definition) is 1. The summed E-state index contributed by atoms with van der Waals surface area (Å²) in [6, 6.07) is 14.3. The highest BCUT2D eigenvalue weighted by atomic mass is 127. The largest absolute Gasteiger partial charge is 0.495 e. The molecule has 0 saturated heterocycles. The molecule has 0 heterocycles. The standard InChI is InChI=1S/C18H20IN3O4S/c1-13(14-8-10-15(19)11-9-14)20-21-18(23)12-22(27(3,24)25)16-6-4-5-7-17(16)26-2/h4-11H,12H2,1-3H3,(H,21,23)/b20-13-. The van der Waals surface area contributed by atoms with Crippen molar-refractivity contribution in [3.63, 3.8) is 0 Å². The molecule has 144 valence electrons. The Bertz CT molecular complexity index is 943. The van der Waals surface area contributed by atoms with Gasteiger partial charge in [-0.25, -0.2) is 13.8 Å². The van der Waals surface area contributed by atoms with Crippen molar-refractivity contribution in [1.29, 1.82) is 0 Å². The van der Waals surface area contributed by atoms with Gasteiger partial charge in [0.05, 0.1) is 24.8 Å². The molecule has 0 unspecified atom stereocenters. The van der Waals surface area contributed by atoms with Crippen molar-refractivity contribution in [3.05, 3.63) is 57.7 Å². The Kier molecular flexibility index (Phi) is 7.19. The van der Waals surface area contributed by atoms with E-state index in [1.54, 1.807) is 31.2 Å². The highest BCUT2D eigenvalue weighted by molar-refractivity contribution is 14.1. The maximum Gasteiger partial charge on any atom is 0.260 e. The molecule has 0 radical (unpaired) electrons. The Morgan fingerprint density at radius 2 is 1.81 bits per heavy atom. The zero-order chi connectivity index (χ0) is 20.0. The van der Waals surface area contributed by atoms with E-state index in [9.17, 15) is 13.2 Å². The van der Waals surface area contributed by atoms with E-state index >= 15 is 0 Å². The van der Waals surface area contributed by atoms with Gasteiger partial charge >= 0.3 is 0 Å². The lowest BCUT2D eigenvalue weighted by molar-refractivity contribution is -0.119. The van der Waals surface area contributed by atoms with Gasteiger partial charge in [-0.15, -0.1) is 0 Å². The second-order valence-electron chi connectivity index (χ2n) is 5.68. The molecule has 2 aromatic carbocycles. The fourth-order valence-electron chi connectivity index (χ4n) is 2.28. The molecule has 1 N–H and O–H groups in total. The molecule has 0 fully saturated rings. The normalized spacial score (nSPS) is 11.8. The van der Waals surface area contributed by atoms with Crippen molar-refractivity contribution in [1.82, 2.24) is 5.43 Å². The summed E-state index contributed by atoms with van der Waals surface area (Å²) in [7, 11) is -2.26. The summed E-state index contributed by atoms with van der Waals surface area (Å²) in [5.74, 6) is -0.203. The highest BCUT2D eigenvalue weighted by Crippen LogP contribution is 2.29. The lowest BCUT2D eigenvalue weighted by Gasteiger charge is -2.23. The van der Waals surface area contributed by atoms with E-state index in [0.29, 0.717) is 11.5 Å². The van der Waals surface area contributed by atoms with Crippen molar-refractivity contribution in [3.8, 4) is 5.75 Å². The Morgan fingerprint density at radius 3 is 2.41 bits per heavy atom. The van der Waals surface area contributed by atoms with Crippen molar-refractivity contribution in [2.45, 2.75) is 6.92 Å². The quantitative estimate of drug-likeness (QED) is 0.359. The van der Waals surface area contributed by atoms with Crippen molar-refractivity contribution < 1.29 is 17.9 Å². The molecule has 0 bridgehead atoms. The molecule has 0 aromatic heterocycles. The van der Waals surface area contributed by atoms with Gasteiger partial charge in [-0.3, -0.25) is 9.10 Å². The number of methoxy groups -OCH3 is 1. The Balaban J connectivity index is 2.17. The van der Waals surface area contributed by atoms with Crippen molar-refractivity contribution in [2.24, 2.45) is 5.10 Å². The number of carbonyl (C=O) groups excluding carboxylic acids is 1. The third-order valence-corrected chi connectivity index (χ3v) is 5.50. The van der Waals surface area contributed by atoms with Crippen LogP contribution in [0.15, 0.2) is 53.6 Å². The minimum Gasteiger partial charge on any atom is -0.495 e. The number of carbonyl (C=O) groups is 1. The van der Waals surface area contributed by atoms with Crippen LogP contribution in [0.4, 0.5) is 5.69 Å². The van der Waals surface area contributed by atoms with Gasteiger partial charge in [0.15, 0.2) is 0 Å². The number of anilines is 1. The van der Waals surface area contributed by atoms with Gasteiger partial charge in [0.1, 0.15) is 12.3 Å². The minimum absolute atomic E-state index is 0.288. The van der Waals surface area contributed by atoms with Crippen LogP contribution in [0, 0.1) is 3.57 Å². The molecular weight excluding hydrogens is 481 g/mol. The van der Waals surface area contributed by atoms with Crippen molar-refractivity contribution >= 4 is 49.9 Å². The van der Waals surface area contributed by atoms with Crippen molar-refractivity contribution in [2.75, 3.05) is 24.2 Å². The summed E-state index contributed by atoms with van der Waals surface area (Å²) in [4.78, 5) is 12.3. The third-order valence-electron chi connectivity index (χ3n) is 3.65. The number of sulfonamides is 1. The van der Waals surface area contributed by atoms with Crippen LogP contribution >= 0.6 is 22.6 Å². The van der Waals surface area contributed by atoms with Crippen LogP contribution in [0.2, 0.25) is 0 Å².